The van der Waals surface area contributed by atoms with Crippen LogP contribution in [0.15, 0.2) is 54.7 Å². The highest BCUT2D eigenvalue weighted by atomic mass is 35.5. The first-order valence-corrected chi connectivity index (χ1v) is 12.4. The highest BCUT2D eigenvalue weighted by molar-refractivity contribution is 6.31. The molecule has 0 radical (unpaired) electrons. The number of pyridine rings is 1. The third-order valence-corrected chi connectivity index (χ3v) is 7.46. The first-order valence-electron chi connectivity index (χ1n) is 12.1. The molecule has 1 heterocycles. The number of carboxylic acid groups (broad SMARTS) is 1. The van der Waals surface area contributed by atoms with Crippen LogP contribution in [0.5, 0.6) is 5.75 Å². The molecule has 10 heteroatoms. The molecule has 1 aromatic heterocycles. The lowest BCUT2D eigenvalue weighted by molar-refractivity contribution is -0.614. The molecule has 0 aliphatic heterocycles. The zero-order valence-electron chi connectivity index (χ0n) is 20.4. The second-order valence-corrected chi connectivity index (χ2v) is 9.94. The Morgan fingerprint density at radius 3 is 2.39 bits per heavy atom. The standard InChI is InChI=1S/C28H25ClF3NO5/c1-15-2-5-18(15)13-20(23(34)12-16-3-6-17(7-4-16)27(35)36)22-10-8-19(14-33(22)37)25-24(38-28(31)32)11-9-21(29)26(25)30/h3-4,6-11,14-15,18,20,28H,2,5,12-13H2,1H3,(H,35,36). The fourth-order valence-electron chi connectivity index (χ4n) is 4.80. The van der Waals surface area contributed by atoms with E-state index in [4.69, 9.17) is 16.7 Å². The minimum Gasteiger partial charge on any atom is -0.618 e. The summed E-state index contributed by atoms with van der Waals surface area (Å²) in [5.41, 5.74) is 0.432. The van der Waals surface area contributed by atoms with Crippen LogP contribution >= 0.6 is 11.6 Å². The minimum absolute atomic E-state index is 0.0112. The Morgan fingerprint density at radius 1 is 1.13 bits per heavy atom. The smallest absolute Gasteiger partial charge is 0.387 e. The molecular weight excluding hydrogens is 523 g/mol. The number of alkyl halides is 2. The molecule has 200 valence electrons. The average Bonchev–Trinajstić information content (AvgIpc) is 2.86. The van der Waals surface area contributed by atoms with Gasteiger partial charge >= 0.3 is 12.6 Å². The third kappa shape index (κ3) is 5.93. The number of carbonyl (C=O) groups excluding carboxylic acids is 1. The average molecular weight is 548 g/mol. The molecule has 0 saturated heterocycles. The molecule has 0 spiro atoms. The van der Waals surface area contributed by atoms with Crippen LogP contribution in [0.25, 0.3) is 11.1 Å². The molecular formula is C28H25ClF3NO5. The molecule has 1 fully saturated rings. The van der Waals surface area contributed by atoms with E-state index in [1.165, 1.54) is 24.3 Å². The van der Waals surface area contributed by atoms with E-state index < -0.39 is 30.1 Å². The van der Waals surface area contributed by atoms with Crippen LogP contribution in [-0.2, 0) is 11.2 Å². The number of carboxylic acids is 1. The molecule has 1 saturated carbocycles. The highest BCUT2D eigenvalue weighted by Crippen LogP contribution is 2.41. The zero-order chi connectivity index (χ0) is 27.6. The van der Waals surface area contributed by atoms with Gasteiger partial charge in [-0.25, -0.2) is 9.18 Å². The molecule has 6 nitrogen and oxygen atoms in total. The molecule has 2 aromatic carbocycles. The van der Waals surface area contributed by atoms with Crippen molar-refractivity contribution in [2.75, 3.05) is 0 Å². The highest BCUT2D eigenvalue weighted by Gasteiger charge is 2.36. The second-order valence-electron chi connectivity index (χ2n) is 9.53. The SMILES string of the molecule is CC1CCC1CC(C(=O)Cc1ccc(C(=O)O)cc1)c1ccc(-c2c(OC(F)F)ccc(Cl)c2F)c[n+]1[O-]. The summed E-state index contributed by atoms with van der Waals surface area (Å²) in [5, 5.41) is 22.0. The van der Waals surface area contributed by atoms with Gasteiger partial charge in [-0.3, -0.25) is 4.79 Å². The van der Waals surface area contributed by atoms with E-state index in [2.05, 4.69) is 11.7 Å². The number of ether oxygens (including phenoxy) is 1. The van der Waals surface area contributed by atoms with E-state index in [1.54, 1.807) is 12.1 Å². The van der Waals surface area contributed by atoms with E-state index >= 15 is 0 Å². The van der Waals surface area contributed by atoms with Crippen LogP contribution < -0.4 is 9.47 Å². The van der Waals surface area contributed by atoms with Crippen LogP contribution in [-0.4, -0.2) is 23.5 Å². The summed E-state index contributed by atoms with van der Waals surface area (Å²) < 4.78 is 45.6. The van der Waals surface area contributed by atoms with E-state index in [9.17, 15) is 28.0 Å². The molecule has 1 aliphatic rings. The van der Waals surface area contributed by atoms with Gasteiger partial charge < -0.3 is 15.1 Å². The molecule has 38 heavy (non-hydrogen) atoms. The number of nitrogens with zero attached hydrogens (tertiary/aromatic N) is 1. The fraction of sp³-hybridized carbons (Fsp3) is 0.321. The van der Waals surface area contributed by atoms with Gasteiger partial charge in [0, 0.05) is 12.5 Å². The Kier molecular flexibility index (Phi) is 8.26. The van der Waals surface area contributed by atoms with E-state index in [1.807, 2.05) is 0 Å². The van der Waals surface area contributed by atoms with Crippen molar-refractivity contribution in [2.45, 2.75) is 45.1 Å². The maximum atomic E-state index is 14.8. The van der Waals surface area contributed by atoms with Gasteiger partial charge in [0.2, 0.25) is 5.69 Å². The van der Waals surface area contributed by atoms with Gasteiger partial charge in [-0.2, -0.15) is 13.5 Å². The minimum atomic E-state index is -3.22. The van der Waals surface area contributed by atoms with Crippen LogP contribution in [0.1, 0.15) is 53.7 Å². The number of benzene rings is 2. The lowest BCUT2D eigenvalue weighted by Gasteiger charge is -2.35. The Balaban J connectivity index is 1.67. The van der Waals surface area contributed by atoms with Crippen molar-refractivity contribution in [3.63, 3.8) is 0 Å². The number of halogens is 4. The predicted octanol–water partition coefficient (Wildman–Crippen LogP) is 6.41. The zero-order valence-corrected chi connectivity index (χ0v) is 21.1. The number of aromatic carboxylic acids is 1. The van der Waals surface area contributed by atoms with Gasteiger partial charge in [-0.05, 0) is 60.6 Å². The van der Waals surface area contributed by atoms with Crippen molar-refractivity contribution in [1.82, 2.24) is 0 Å². The van der Waals surface area contributed by atoms with Crippen molar-refractivity contribution in [3.05, 3.63) is 87.6 Å². The summed E-state index contributed by atoms with van der Waals surface area (Å²) >= 11 is 5.85. The normalized spacial score (nSPS) is 17.6. The Hall–Kier alpha value is -3.59. The summed E-state index contributed by atoms with van der Waals surface area (Å²) in [6, 6.07) is 10.9. The number of hydrogen-bond acceptors (Lipinski definition) is 4. The summed E-state index contributed by atoms with van der Waals surface area (Å²) in [6.07, 6.45) is 3.41. The van der Waals surface area contributed by atoms with Crippen molar-refractivity contribution < 1.29 is 37.3 Å². The van der Waals surface area contributed by atoms with Gasteiger partial charge in [0.15, 0.2) is 17.8 Å². The molecule has 3 atom stereocenters. The van der Waals surface area contributed by atoms with Crippen LogP contribution in [0.4, 0.5) is 13.2 Å². The first kappa shape index (κ1) is 27.4. The van der Waals surface area contributed by atoms with Gasteiger partial charge in [-0.15, -0.1) is 0 Å². The summed E-state index contributed by atoms with van der Waals surface area (Å²) in [5.74, 6) is -2.92. The monoisotopic (exact) mass is 547 g/mol. The Morgan fingerprint density at radius 2 is 1.84 bits per heavy atom. The lowest BCUT2D eigenvalue weighted by atomic mass is 9.69. The molecule has 4 rings (SSSR count). The topological polar surface area (TPSA) is 90.5 Å². The van der Waals surface area contributed by atoms with Gasteiger partial charge in [-0.1, -0.05) is 37.1 Å². The summed E-state index contributed by atoms with van der Waals surface area (Å²) in [6.45, 7) is -1.13. The number of ketones is 1. The Bertz CT molecular complexity index is 1350. The quantitative estimate of drug-likeness (QED) is 0.234. The van der Waals surface area contributed by atoms with Crippen molar-refractivity contribution >= 4 is 23.4 Å². The maximum Gasteiger partial charge on any atom is 0.387 e. The van der Waals surface area contributed by atoms with Crippen LogP contribution in [0.3, 0.4) is 0 Å². The number of Topliss-reactive ketones (excluding diaryl/α,β-unsaturated/α-hetero) is 1. The molecule has 0 bridgehead atoms. The summed E-state index contributed by atoms with van der Waals surface area (Å²) in [7, 11) is 0. The predicted molar refractivity (Wildman–Crippen MR) is 134 cm³/mol. The number of rotatable bonds is 10. The third-order valence-electron chi connectivity index (χ3n) is 7.17. The van der Waals surface area contributed by atoms with Gasteiger partial charge in [0.25, 0.3) is 0 Å². The molecule has 1 aliphatic carbocycles. The van der Waals surface area contributed by atoms with Gasteiger partial charge in [0.05, 0.1) is 21.7 Å². The van der Waals surface area contributed by atoms with Crippen molar-refractivity contribution in [3.8, 4) is 16.9 Å². The van der Waals surface area contributed by atoms with E-state index in [-0.39, 0.29) is 45.5 Å². The number of hydrogen-bond donors (Lipinski definition) is 1. The van der Waals surface area contributed by atoms with Gasteiger partial charge in [0.1, 0.15) is 11.7 Å². The largest absolute Gasteiger partial charge is 0.618 e. The molecule has 0 amide bonds. The van der Waals surface area contributed by atoms with Crippen molar-refractivity contribution in [2.24, 2.45) is 11.8 Å². The number of aromatic nitrogens is 1. The van der Waals surface area contributed by atoms with Crippen molar-refractivity contribution in [1.29, 1.82) is 0 Å². The first-order chi connectivity index (χ1) is 18.0. The summed E-state index contributed by atoms with van der Waals surface area (Å²) in [4.78, 5) is 24.6. The fourth-order valence-corrected chi connectivity index (χ4v) is 4.96. The molecule has 1 N–H and O–H groups in total. The van der Waals surface area contributed by atoms with Crippen LogP contribution in [0, 0.1) is 22.9 Å². The van der Waals surface area contributed by atoms with E-state index in [0.29, 0.717) is 22.6 Å². The Labute approximate surface area is 222 Å². The number of carbonyl (C=O) groups is 2. The second kappa shape index (κ2) is 11.4. The van der Waals surface area contributed by atoms with Crippen LogP contribution in [0.2, 0.25) is 5.02 Å². The maximum absolute atomic E-state index is 14.8. The molecule has 3 aromatic rings. The van der Waals surface area contributed by atoms with E-state index in [0.717, 1.165) is 31.2 Å². The molecule has 3 unspecified atom stereocenters. The lowest BCUT2D eigenvalue weighted by Crippen LogP contribution is -2.38.